The molecule has 0 radical (unpaired) electrons. The maximum absolute atomic E-state index is 5.97. The van der Waals surface area contributed by atoms with Gasteiger partial charge < -0.3 is 4.57 Å². The topological polar surface area (TPSA) is 30.7 Å². The van der Waals surface area contributed by atoms with Crippen LogP contribution in [-0.2, 0) is 13.0 Å². The van der Waals surface area contributed by atoms with Crippen molar-refractivity contribution >= 4 is 38.7 Å². The Morgan fingerprint density at radius 3 is 2.81 bits per heavy atom. The predicted molar refractivity (Wildman–Crippen MR) is 90.8 cm³/mol. The zero-order valence-corrected chi connectivity index (χ0v) is 14.8. The van der Waals surface area contributed by atoms with E-state index in [2.05, 4.69) is 32.4 Å². The number of nitrogens with zero attached hydrogens (tertiary/aromatic N) is 3. The molecule has 0 spiro atoms. The zero-order valence-electron chi connectivity index (χ0n) is 12.4. The van der Waals surface area contributed by atoms with Crippen molar-refractivity contribution in [2.45, 2.75) is 52.0 Å². The minimum atomic E-state index is 0.420. The molecule has 1 aliphatic rings. The molecule has 114 valence electrons. The lowest BCUT2D eigenvalue weighted by atomic mass is 9.83. The van der Waals surface area contributed by atoms with Gasteiger partial charge in [0.15, 0.2) is 5.65 Å². The van der Waals surface area contributed by atoms with E-state index in [0.29, 0.717) is 11.3 Å². The van der Waals surface area contributed by atoms with Crippen molar-refractivity contribution in [1.82, 2.24) is 14.5 Å². The summed E-state index contributed by atoms with van der Waals surface area (Å²) in [4.78, 5) is 9.36. The smallest absolute Gasteiger partial charge is 0.160 e. The van der Waals surface area contributed by atoms with E-state index in [1.54, 1.807) is 0 Å². The Balaban J connectivity index is 2.04. The number of aryl methyl sites for hydroxylation is 1. The van der Waals surface area contributed by atoms with Gasteiger partial charge in [-0.15, -0.1) is 11.6 Å². The molecule has 0 atom stereocenters. The number of rotatable bonds is 5. The van der Waals surface area contributed by atoms with E-state index in [9.17, 15) is 0 Å². The summed E-state index contributed by atoms with van der Waals surface area (Å²) in [6.45, 7) is 3.34. The van der Waals surface area contributed by atoms with Crippen LogP contribution < -0.4 is 0 Å². The minimum absolute atomic E-state index is 0.420. The highest BCUT2D eigenvalue weighted by Gasteiger charge is 2.33. The van der Waals surface area contributed by atoms with Crippen LogP contribution in [0.4, 0.5) is 0 Å². The molecular formula is C16H21BrClN3. The monoisotopic (exact) mass is 369 g/mol. The molecule has 5 heteroatoms. The van der Waals surface area contributed by atoms with E-state index in [4.69, 9.17) is 16.6 Å². The molecule has 2 aromatic rings. The fourth-order valence-electron chi connectivity index (χ4n) is 3.56. The third kappa shape index (κ3) is 2.98. The highest BCUT2D eigenvalue weighted by atomic mass is 79.9. The normalized spacial score (nSPS) is 17.7. The minimum Gasteiger partial charge on any atom is -0.312 e. The molecule has 2 aromatic heterocycles. The third-order valence-electron chi connectivity index (χ3n) is 4.86. The maximum atomic E-state index is 5.97. The van der Waals surface area contributed by atoms with Crippen molar-refractivity contribution in [2.24, 2.45) is 5.41 Å². The molecule has 0 unspecified atom stereocenters. The Labute approximate surface area is 139 Å². The molecule has 0 amide bonds. The highest BCUT2D eigenvalue weighted by molar-refractivity contribution is 9.10. The van der Waals surface area contributed by atoms with Gasteiger partial charge >= 0.3 is 0 Å². The molecule has 0 bridgehead atoms. The van der Waals surface area contributed by atoms with Gasteiger partial charge in [0.25, 0.3) is 0 Å². The summed E-state index contributed by atoms with van der Waals surface area (Å²) in [7, 11) is 0. The zero-order chi connectivity index (χ0) is 14.9. The van der Waals surface area contributed by atoms with Crippen molar-refractivity contribution in [1.29, 1.82) is 0 Å². The van der Waals surface area contributed by atoms with Crippen molar-refractivity contribution in [2.75, 3.05) is 5.88 Å². The van der Waals surface area contributed by atoms with Crippen molar-refractivity contribution in [3.8, 4) is 0 Å². The average molecular weight is 371 g/mol. The highest BCUT2D eigenvalue weighted by Crippen LogP contribution is 2.43. The quantitative estimate of drug-likeness (QED) is 0.697. The molecule has 1 saturated carbocycles. The molecule has 0 N–H and O–H groups in total. The van der Waals surface area contributed by atoms with Gasteiger partial charge in [-0.05, 0) is 46.7 Å². The van der Waals surface area contributed by atoms with E-state index in [1.165, 1.54) is 32.1 Å². The van der Waals surface area contributed by atoms with Gasteiger partial charge in [0, 0.05) is 29.5 Å². The SMILES string of the molecule is CCC1(Cn2c(CCCl)nc3cc(Br)cnc32)CCCC1. The molecular weight excluding hydrogens is 350 g/mol. The van der Waals surface area contributed by atoms with Crippen molar-refractivity contribution < 1.29 is 0 Å². The molecule has 1 aliphatic carbocycles. The lowest BCUT2D eigenvalue weighted by Gasteiger charge is -2.28. The van der Waals surface area contributed by atoms with Gasteiger partial charge in [0.05, 0.1) is 0 Å². The molecule has 1 fully saturated rings. The van der Waals surface area contributed by atoms with Crippen LogP contribution >= 0.6 is 27.5 Å². The third-order valence-corrected chi connectivity index (χ3v) is 5.48. The lowest BCUT2D eigenvalue weighted by Crippen LogP contribution is -2.24. The fraction of sp³-hybridized carbons (Fsp3) is 0.625. The number of hydrogen-bond acceptors (Lipinski definition) is 2. The summed E-state index contributed by atoms with van der Waals surface area (Å²) in [6.07, 6.45) is 9.23. The summed E-state index contributed by atoms with van der Waals surface area (Å²) < 4.78 is 3.29. The van der Waals surface area contributed by atoms with E-state index >= 15 is 0 Å². The Hall–Kier alpha value is -0.610. The number of aromatic nitrogens is 3. The van der Waals surface area contributed by atoms with Gasteiger partial charge in [-0.25, -0.2) is 9.97 Å². The summed E-state index contributed by atoms with van der Waals surface area (Å²) in [6, 6.07) is 2.05. The van der Waals surface area contributed by atoms with E-state index in [1.807, 2.05) is 12.3 Å². The summed E-state index contributed by atoms with van der Waals surface area (Å²) in [5, 5.41) is 0. The first-order valence-electron chi connectivity index (χ1n) is 7.74. The van der Waals surface area contributed by atoms with Crippen LogP contribution in [0.1, 0.15) is 44.9 Å². The van der Waals surface area contributed by atoms with Crippen LogP contribution in [0.3, 0.4) is 0 Å². The predicted octanol–water partition coefficient (Wildman–Crippen LogP) is 4.95. The standard InChI is InChI=1S/C16H21BrClN3/c1-2-16(6-3-4-7-16)11-21-14(5-8-18)20-13-9-12(17)10-19-15(13)21/h9-10H,2-8,11H2,1H3. The van der Waals surface area contributed by atoms with Gasteiger partial charge in [0.1, 0.15) is 11.3 Å². The van der Waals surface area contributed by atoms with Gasteiger partial charge in [-0.1, -0.05) is 19.8 Å². The van der Waals surface area contributed by atoms with Crippen molar-refractivity contribution in [3.63, 3.8) is 0 Å². The van der Waals surface area contributed by atoms with E-state index in [0.717, 1.165) is 34.4 Å². The van der Waals surface area contributed by atoms with Crippen LogP contribution in [0.2, 0.25) is 0 Å². The van der Waals surface area contributed by atoms with Gasteiger partial charge in [0.2, 0.25) is 0 Å². The van der Waals surface area contributed by atoms with Crippen LogP contribution in [0.25, 0.3) is 11.2 Å². The van der Waals surface area contributed by atoms with Gasteiger partial charge in [-0.3, -0.25) is 0 Å². The van der Waals surface area contributed by atoms with Crippen LogP contribution in [0.15, 0.2) is 16.7 Å². The molecule has 3 nitrogen and oxygen atoms in total. The number of halogens is 2. The number of alkyl halides is 1. The summed E-state index contributed by atoms with van der Waals surface area (Å²) in [5.41, 5.74) is 2.38. The first kappa shape index (κ1) is 15.3. The van der Waals surface area contributed by atoms with Crippen molar-refractivity contribution in [3.05, 3.63) is 22.6 Å². The first-order chi connectivity index (χ1) is 10.2. The van der Waals surface area contributed by atoms with Crippen LogP contribution in [-0.4, -0.2) is 20.4 Å². The second kappa shape index (κ2) is 6.25. The Bertz CT molecular complexity index is 632. The molecule has 0 aromatic carbocycles. The van der Waals surface area contributed by atoms with Gasteiger partial charge in [-0.2, -0.15) is 0 Å². The first-order valence-corrected chi connectivity index (χ1v) is 9.07. The summed E-state index contributed by atoms with van der Waals surface area (Å²) >= 11 is 9.45. The second-order valence-corrected chi connectivity index (χ2v) is 7.40. The number of fused-ring (bicyclic) bond motifs is 1. The molecule has 3 rings (SSSR count). The Morgan fingerprint density at radius 1 is 1.38 bits per heavy atom. The molecule has 21 heavy (non-hydrogen) atoms. The lowest BCUT2D eigenvalue weighted by molar-refractivity contribution is 0.237. The Morgan fingerprint density at radius 2 is 2.14 bits per heavy atom. The van der Waals surface area contributed by atoms with Crippen LogP contribution in [0.5, 0.6) is 0 Å². The molecule has 0 aliphatic heterocycles. The Kier molecular flexibility index (Phi) is 4.55. The van der Waals surface area contributed by atoms with E-state index < -0.39 is 0 Å². The van der Waals surface area contributed by atoms with E-state index in [-0.39, 0.29) is 0 Å². The fourth-order valence-corrected chi connectivity index (χ4v) is 4.05. The number of pyridine rings is 1. The summed E-state index contributed by atoms with van der Waals surface area (Å²) in [5.74, 6) is 1.68. The number of hydrogen-bond donors (Lipinski definition) is 0. The average Bonchev–Trinajstić information content (AvgIpc) is 3.06. The number of imidazole rings is 1. The molecule has 2 heterocycles. The van der Waals surface area contributed by atoms with Crippen LogP contribution in [0, 0.1) is 5.41 Å². The second-order valence-electron chi connectivity index (χ2n) is 6.11. The maximum Gasteiger partial charge on any atom is 0.160 e. The molecule has 0 saturated heterocycles. The largest absolute Gasteiger partial charge is 0.312 e.